The van der Waals surface area contributed by atoms with Crippen LogP contribution in [0.15, 0.2) is 60.8 Å². The van der Waals surface area contributed by atoms with Gasteiger partial charge in [-0.05, 0) is 61.7 Å². The van der Waals surface area contributed by atoms with Crippen LogP contribution in [0.2, 0.25) is 0 Å². The third-order valence-electron chi connectivity index (χ3n) is 6.53. The van der Waals surface area contributed by atoms with E-state index in [0.29, 0.717) is 22.0 Å². The van der Waals surface area contributed by atoms with Gasteiger partial charge in [-0.25, -0.2) is 9.78 Å². The molecule has 2 N–H and O–H groups in total. The number of nitrogens with zero attached hydrogens (tertiary/aromatic N) is 2. The molecule has 1 fully saturated rings. The molecule has 0 spiro atoms. The van der Waals surface area contributed by atoms with E-state index in [1.165, 1.54) is 11.3 Å². The summed E-state index contributed by atoms with van der Waals surface area (Å²) in [6.07, 6.45) is 5.95. The lowest BCUT2D eigenvalue weighted by atomic mass is 10.1. The minimum absolute atomic E-state index is 0.145. The molecule has 2 aliphatic rings. The van der Waals surface area contributed by atoms with E-state index in [9.17, 15) is 9.59 Å². The summed E-state index contributed by atoms with van der Waals surface area (Å²) < 4.78 is 5.95. The quantitative estimate of drug-likeness (QED) is 0.328. The van der Waals surface area contributed by atoms with Crippen LogP contribution in [-0.2, 0) is 0 Å². The Bertz CT molecular complexity index is 1440. The molecule has 1 aliphatic heterocycles. The maximum Gasteiger partial charge on any atom is 0.331 e. The minimum Gasteiger partial charge on any atom is -0.457 e. The Morgan fingerprint density at radius 2 is 1.89 bits per heavy atom. The van der Waals surface area contributed by atoms with E-state index in [2.05, 4.69) is 15.6 Å². The lowest BCUT2D eigenvalue weighted by molar-refractivity contribution is 0.0943. The lowest BCUT2D eigenvalue weighted by Crippen LogP contribution is -2.36. The van der Waals surface area contributed by atoms with Gasteiger partial charge in [0.2, 0.25) is 0 Å². The molecule has 1 aliphatic carbocycles. The van der Waals surface area contributed by atoms with Crippen LogP contribution in [0.3, 0.4) is 0 Å². The van der Waals surface area contributed by atoms with Crippen molar-refractivity contribution in [3.8, 4) is 11.5 Å². The number of aromatic nitrogens is 1. The summed E-state index contributed by atoms with van der Waals surface area (Å²) in [6, 6.07) is 16.9. The second-order valence-electron chi connectivity index (χ2n) is 8.90. The van der Waals surface area contributed by atoms with Gasteiger partial charge in [0.1, 0.15) is 21.2 Å². The number of ether oxygens (including phenoxy) is 1. The highest BCUT2D eigenvalue weighted by Gasteiger charge is 2.33. The number of urea groups is 1. The number of nitrogens with one attached hydrogen (secondary N) is 2. The second-order valence-corrected chi connectivity index (χ2v) is 9.90. The summed E-state index contributed by atoms with van der Waals surface area (Å²) in [5, 5.41) is 6.90. The first-order valence-electron chi connectivity index (χ1n) is 11.8. The van der Waals surface area contributed by atoms with E-state index in [4.69, 9.17) is 4.74 Å². The molecule has 1 saturated carbocycles. The molecule has 4 aromatic rings. The summed E-state index contributed by atoms with van der Waals surface area (Å²) in [4.78, 5) is 33.8. The SMILES string of the molecule is Cc1cc(Oc2ccccc2)ccc1N1C(=O)Nc2c(C(=O)NC3CCCC3)sc3nccc1c23. The van der Waals surface area contributed by atoms with Gasteiger partial charge in [0, 0.05) is 12.2 Å². The molecule has 2 aromatic carbocycles. The Balaban J connectivity index is 1.36. The van der Waals surface area contributed by atoms with Gasteiger partial charge in [-0.2, -0.15) is 0 Å². The molecule has 3 amide bonds. The molecule has 0 atom stereocenters. The zero-order valence-corrected chi connectivity index (χ0v) is 20.0. The maximum absolute atomic E-state index is 13.4. The number of rotatable bonds is 5. The van der Waals surface area contributed by atoms with Crippen LogP contribution in [0.4, 0.5) is 21.9 Å². The molecule has 7 nitrogen and oxygen atoms in total. The number of hydrogen-bond acceptors (Lipinski definition) is 5. The molecule has 176 valence electrons. The van der Waals surface area contributed by atoms with Gasteiger partial charge in [-0.15, -0.1) is 11.3 Å². The molecule has 0 bridgehead atoms. The molecule has 0 saturated heterocycles. The first-order chi connectivity index (χ1) is 17.1. The third kappa shape index (κ3) is 3.89. The van der Waals surface area contributed by atoms with E-state index in [1.54, 1.807) is 11.1 Å². The molecule has 35 heavy (non-hydrogen) atoms. The topological polar surface area (TPSA) is 83.6 Å². The molecule has 8 heteroatoms. The van der Waals surface area contributed by atoms with Crippen LogP contribution in [0.25, 0.3) is 10.2 Å². The summed E-state index contributed by atoms with van der Waals surface area (Å²) in [5.74, 6) is 1.29. The lowest BCUT2D eigenvalue weighted by Gasteiger charge is -2.29. The van der Waals surface area contributed by atoms with Gasteiger partial charge in [-0.1, -0.05) is 31.0 Å². The Labute approximate surface area is 206 Å². The smallest absolute Gasteiger partial charge is 0.331 e. The Morgan fingerprint density at radius 1 is 1.09 bits per heavy atom. The standard InChI is InChI=1S/C27H24N4O3S/c1-16-15-19(34-18-9-3-2-4-10-18)11-12-20(16)31-21-13-14-28-26-22(21)23(30-27(31)33)24(35-26)25(32)29-17-7-5-6-8-17/h2-4,9-15,17H,5-8H2,1H3,(H,29,32)(H,30,33). The van der Waals surface area contributed by atoms with E-state index in [0.717, 1.165) is 52.9 Å². The van der Waals surface area contributed by atoms with Crippen LogP contribution in [-0.4, -0.2) is 23.0 Å². The number of pyridine rings is 1. The molecule has 0 radical (unpaired) electrons. The maximum atomic E-state index is 13.4. The molecule has 3 heterocycles. The van der Waals surface area contributed by atoms with Gasteiger partial charge in [0.25, 0.3) is 5.91 Å². The van der Waals surface area contributed by atoms with Crippen LogP contribution in [0.1, 0.15) is 40.9 Å². The van der Waals surface area contributed by atoms with Crippen molar-refractivity contribution in [3.05, 3.63) is 71.2 Å². The fourth-order valence-corrected chi connectivity index (χ4v) is 5.89. The summed E-state index contributed by atoms with van der Waals surface area (Å²) in [6.45, 7) is 1.95. The fourth-order valence-electron chi connectivity index (χ4n) is 4.87. The summed E-state index contributed by atoms with van der Waals surface area (Å²) in [7, 11) is 0. The Kier molecular flexibility index (Phi) is 5.37. The van der Waals surface area contributed by atoms with Crippen LogP contribution >= 0.6 is 11.3 Å². The van der Waals surface area contributed by atoms with E-state index in [1.807, 2.05) is 61.5 Å². The van der Waals surface area contributed by atoms with Crippen LogP contribution < -0.4 is 20.3 Å². The highest BCUT2D eigenvalue weighted by atomic mass is 32.1. The van der Waals surface area contributed by atoms with Crippen molar-refractivity contribution >= 4 is 50.6 Å². The van der Waals surface area contributed by atoms with Crippen molar-refractivity contribution in [2.45, 2.75) is 38.6 Å². The van der Waals surface area contributed by atoms with E-state index in [-0.39, 0.29) is 18.0 Å². The highest BCUT2D eigenvalue weighted by Crippen LogP contribution is 2.46. The Hall–Kier alpha value is -3.91. The first-order valence-corrected chi connectivity index (χ1v) is 12.6. The first kappa shape index (κ1) is 21.6. The monoisotopic (exact) mass is 484 g/mol. The summed E-state index contributed by atoms with van der Waals surface area (Å²) in [5.41, 5.74) is 2.89. The van der Waals surface area contributed by atoms with E-state index < -0.39 is 0 Å². The average molecular weight is 485 g/mol. The van der Waals surface area contributed by atoms with Gasteiger partial charge in [0.15, 0.2) is 0 Å². The predicted molar refractivity (Wildman–Crippen MR) is 138 cm³/mol. The zero-order chi connectivity index (χ0) is 23.9. The van der Waals surface area contributed by atoms with Crippen molar-refractivity contribution < 1.29 is 14.3 Å². The average Bonchev–Trinajstić information content (AvgIpc) is 3.50. The molecule has 0 unspecified atom stereocenters. The number of benzene rings is 2. The number of thiophene rings is 1. The number of anilines is 3. The number of aryl methyl sites for hydroxylation is 1. The number of para-hydroxylation sites is 1. The highest BCUT2D eigenvalue weighted by molar-refractivity contribution is 7.21. The number of amides is 3. The van der Waals surface area contributed by atoms with Crippen LogP contribution in [0.5, 0.6) is 11.5 Å². The van der Waals surface area contributed by atoms with Crippen molar-refractivity contribution in [1.29, 1.82) is 0 Å². The molecular weight excluding hydrogens is 460 g/mol. The minimum atomic E-state index is -0.307. The zero-order valence-electron chi connectivity index (χ0n) is 19.2. The third-order valence-corrected chi connectivity index (χ3v) is 7.63. The van der Waals surface area contributed by atoms with Gasteiger partial charge in [-0.3, -0.25) is 9.69 Å². The molecule has 6 rings (SSSR count). The predicted octanol–water partition coefficient (Wildman–Crippen LogP) is 6.75. The molecular formula is C27H24N4O3S. The van der Waals surface area contributed by atoms with Crippen molar-refractivity contribution in [1.82, 2.24) is 10.3 Å². The number of hydrogen-bond donors (Lipinski definition) is 2. The Morgan fingerprint density at radius 3 is 2.66 bits per heavy atom. The van der Waals surface area contributed by atoms with Gasteiger partial charge in [0.05, 0.1) is 22.4 Å². The van der Waals surface area contributed by atoms with Crippen LogP contribution in [0, 0.1) is 6.92 Å². The largest absolute Gasteiger partial charge is 0.457 e. The number of carbonyl (C=O) groups excluding carboxylic acids is 2. The fraction of sp³-hybridized carbons (Fsp3) is 0.222. The molecule has 2 aromatic heterocycles. The van der Waals surface area contributed by atoms with Gasteiger partial charge >= 0.3 is 6.03 Å². The van der Waals surface area contributed by atoms with Crippen molar-refractivity contribution in [3.63, 3.8) is 0 Å². The van der Waals surface area contributed by atoms with Crippen molar-refractivity contribution in [2.75, 3.05) is 10.2 Å². The second kappa shape index (κ2) is 8.70. The van der Waals surface area contributed by atoms with Crippen molar-refractivity contribution in [2.24, 2.45) is 0 Å². The normalized spacial score (nSPS) is 15.3. The van der Waals surface area contributed by atoms with Gasteiger partial charge < -0.3 is 15.4 Å². The van der Waals surface area contributed by atoms with E-state index >= 15 is 0 Å². The number of carbonyl (C=O) groups is 2. The summed E-state index contributed by atoms with van der Waals surface area (Å²) >= 11 is 1.32.